The standard InChI is InChI=1S/C15H16O4/c16-11-4-2-1-3-8-7-10(15(18)19)9-5-6-12(17)14(9)13(8)11/h5-9,13-14H,1-4H2,(H,18,19)/t8-,9-,13+,14+/m1/s1. The molecule has 0 amide bonds. The van der Waals surface area contributed by atoms with E-state index in [1.807, 2.05) is 0 Å². The molecule has 4 nitrogen and oxygen atoms in total. The predicted molar refractivity (Wildman–Crippen MR) is 67.3 cm³/mol. The summed E-state index contributed by atoms with van der Waals surface area (Å²) in [6.45, 7) is 0. The van der Waals surface area contributed by atoms with Gasteiger partial charge in [-0.1, -0.05) is 18.6 Å². The second-order valence-electron chi connectivity index (χ2n) is 5.64. The number of carboxylic acid groups (broad SMARTS) is 1. The van der Waals surface area contributed by atoms with Crippen molar-refractivity contribution in [3.63, 3.8) is 0 Å². The van der Waals surface area contributed by atoms with E-state index >= 15 is 0 Å². The fraction of sp³-hybridized carbons (Fsp3) is 0.533. The van der Waals surface area contributed by atoms with E-state index < -0.39 is 17.8 Å². The molecule has 0 radical (unpaired) electrons. The summed E-state index contributed by atoms with van der Waals surface area (Å²) in [5, 5.41) is 9.30. The smallest absolute Gasteiger partial charge is 0.331 e. The summed E-state index contributed by atoms with van der Waals surface area (Å²) in [5.74, 6) is -2.17. The number of aliphatic carboxylic acids is 1. The lowest BCUT2D eigenvalue weighted by atomic mass is 9.66. The van der Waals surface area contributed by atoms with Crippen LogP contribution in [0.1, 0.15) is 25.7 Å². The molecule has 4 atom stereocenters. The third-order valence-corrected chi connectivity index (χ3v) is 4.61. The number of hydrogen-bond donors (Lipinski definition) is 1. The Hall–Kier alpha value is -1.71. The first-order valence-electron chi connectivity index (χ1n) is 6.79. The topological polar surface area (TPSA) is 71.4 Å². The van der Waals surface area contributed by atoms with Gasteiger partial charge >= 0.3 is 5.97 Å². The highest BCUT2D eigenvalue weighted by Gasteiger charge is 2.49. The number of fused-ring (bicyclic) bond motifs is 3. The normalized spacial score (nSPS) is 37.4. The molecule has 3 aliphatic rings. The Morgan fingerprint density at radius 1 is 1.21 bits per heavy atom. The van der Waals surface area contributed by atoms with Crippen LogP contribution in [0.3, 0.4) is 0 Å². The summed E-state index contributed by atoms with van der Waals surface area (Å²) < 4.78 is 0. The summed E-state index contributed by atoms with van der Waals surface area (Å²) in [6, 6.07) is 0. The highest BCUT2D eigenvalue weighted by molar-refractivity contribution is 6.02. The molecule has 0 heterocycles. The summed E-state index contributed by atoms with van der Waals surface area (Å²) >= 11 is 0. The van der Waals surface area contributed by atoms with Crippen LogP contribution < -0.4 is 0 Å². The Morgan fingerprint density at radius 3 is 2.74 bits per heavy atom. The van der Waals surface area contributed by atoms with E-state index in [0.29, 0.717) is 12.0 Å². The molecule has 3 aliphatic carbocycles. The van der Waals surface area contributed by atoms with Crippen LogP contribution in [0.4, 0.5) is 0 Å². The minimum atomic E-state index is -0.968. The van der Waals surface area contributed by atoms with Crippen LogP contribution in [0.15, 0.2) is 23.8 Å². The van der Waals surface area contributed by atoms with E-state index in [1.165, 1.54) is 6.08 Å². The first-order chi connectivity index (χ1) is 9.09. The van der Waals surface area contributed by atoms with E-state index in [9.17, 15) is 19.5 Å². The SMILES string of the molecule is O=C(O)C1=C[C@H]2CCCCC(=O)[C@H]2[C@@H]2C(=O)C=C[C@H]12. The molecular formula is C15H16O4. The lowest BCUT2D eigenvalue weighted by molar-refractivity contribution is -0.136. The Kier molecular flexibility index (Phi) is 2.88. The van der Waals surface area contributed by atoms with E-state index in [0.717, 1.165) is 19.3 Å². The number of ketones is 2. The summed E-state index contributed by atoms with van der Waals surface area (Å²) in [7, 11) is 0. The van der Waals surface area contributed by atoms with E-state index in [4.69, 9.17) is 0 Å². The van der Waals surface area contributed by atoms with E-state index in [1.54, 1.807) is 12.2 Å². The van der Waals surface area contributed by atoms with Gasteiger partial charge in [-0.25, -0.2) is 4.79 Å². The maximum atomic E-state index is 12.3. The number of hydrogen-bond acceptors (Lipinski definition) is 3. The number of carbonyl (C=O) groups excluding carboxylic acids is 2. The highest BCUT2D eigenvalue weighted by atomic mass is 16.4. The first-order valence-corrected chi connectivity index (χ1v) is 6.79. The Bertz CT molecular complexity index is 514. The number of allylic oxidation sites excluding steroid dienone is 3. The molecule has 0 aliphatic heterocycles. The van der Waals surface area contributed by atoms with Crippen molar-refractivity contribution < 1.29 is 19.5 Å². The fourth-order valence-corrected chi connectivity index (χ4v) is 3.78. The molecule has 1 N–H and O–H groups in total. The van der Waals surface area contributed by atoms with Gasteiger partial charge in [0.05, 0.1) is 0 Å². The second-order valence-corrected chi connectivity index (χ2v) is 5.64. The molecule has 100 valence electrons. The van der Waals surface area contributed by atoms with Crippen LogP contribution in [0.25, 0.3) is 0 Å². The highest BCUT2D eigenvalue weighted by Crippen LogP contribution is 2.46. The van der Waals surface area contributed by atoms with Crippen molar-refractivity contribution in [2.24, 2.45) is 23.7 Å². The van der Waals surface area contributed by atoms with Gasteiger partial charge in [0.2, 0.25) is 0 Å². The van der Waals surface area contributed by atoms with Gasteiger partial charge in [0.15, 0.2) is 5.78 Å². The van der Waals surface area contributed by atoms with Gasteiger partial charge < -0.3 is 5.11 Å². The zero-order chi connectivity index (χ0) is 13.6. The van der Waals surface area contributed by atoms with Gasteiger partial charge in [-0.3, -0.25) is 9.59 Å². The monoisotopic (exact) mass is 260 g/mol. The third kappa shape index (κ3) is 1.86. The molecule has 0 saturated heterocycles. The summed E-state index contributed by atoms with van der Waals surface area (Å²) in [5.41, 5.74) is 0.294. The molecule has 0 bridgehead atoms. The van der Waals surface area contributed by atoms with Crippen molar-refractivity contribution in [2.75, 3.05) is 0 Å². The lowest BCUT2D eigenvalue weighted by Crippen LogP contribution is -2.40. The van der Waals surface area contributed by atoms with Gasteiger partial charge in [0.25, 0.3) is 0 Å². The number of Topliss-reactive ketones (excluding diaryl/α,β-unsaturated/α-hetero) is 1. The van der Waals surface area contributed by atoms with Gasteiger partial charge in [-0.05, 0) is 24.8 Å². The van der Waals surface area contributed by atoms with Gasteiger partial charge in [-0.2, -0.15) is 0 Å². The molecule has 3 rings (SSSR count). The first kappa shape index (κ1) is 12.3. The number of carbonyl (C=O) groups is 3. The lowest BCUT2D eigenvalue weighted by Gasteiger charge is -2.35. The molecular weight excluding hydrogens is 244 g/mol. The molecule has 1 fully saturated rings. The van der Waals surface area contributed by atoms with Crippen LogP contribution in [-0.2, 0) is 14.4 Å². The zero-order valence-electron chi connectivity index (χ0n) is 10.5. The van der Waals surface area contributed by atoms with Crippen molar-refractivity contribution in [3.8, 4) is 0 Å². The summed E-state index contributed by atoms with van der Waals surface area (Å²) in [4.78, 5) is 35.6. The molecule has 4 heteroatoms. The Morgan fingerprint density at radius 2 is 2.00 bits per heavy atom. The maximum Gasteiger partial charge on any atom is 0.331 e. The zero-order valence-corrected chi connectivity index (χ0v) is 10.5. The van der Waals surface area contributed by atoms with Crippen molar-refractivity contribution in [1.29, 1.82) is 0 Å². The molecule has 0 aromatic carbocycles. The average molecular weight is 260 g/mol. The van der Waals surface area contributed by atoms with E-state index in [-0.39, 0.29) is 23.4 Å². The minimum absolute atomic E-state index is 0.0776. The van der Waals surface area contributed by atoms with Gasteiger partial charge in [0.1, 0.15) is 5.78 Å². The van der Waals surface area contributed by atoms with Gasteiger partial charge in [0, 0.05) is 29.7 Å². The summed E-state index contributed by atoms with van der Waals surface area (Å²) in [6.07, 6.45) is 7.95. The van der Waals surface area contributed by atoms with Crippen molar-refractivity contribution in [1.82, 2.24) is 0 Å². The van der Waals surface area contributed by atoms with Crippen LogP contribution in [0.2, 0.25) is 0 Å². The minimum Gasteiger partial charge on any atom is -0.478 e. The van der Waals surface area contributed by atoms with E-state index in [2.05, 4.69) is 0 Å². The van der Waals surface area contributed by atoms with Gasteiger partial charge in [-0.15, -0.1) is 0 Å². The quantitative estimate of drug-likeness (QED) is 0.779. The number of carboxylic acids is 1. The molecule has 19 heavy (non-hydrogen) atoms. The molecule has 0 spiro atoms. The molecule has 0 aromatic heterocycles. The Balaban J connectivity index is 2.07. The van der Waals surface area contributed by atoms with Crippen molar-refractivity contribution in [3.05, 3.63) is 23.8 Å². The maximum absolute atomic E-state index is 12.3. The number of rotatable bonds is 1. The molecule has 1 saturated carbocycles. The Labute approximate surface area is 111 Å². The molecule has 0 unspecified atom stereocenters. The van der Waals surface area contributed by atoms with Crippen molar-refractivity contribution in [2.45, 2.75) is 25.7 Å². The fourth-order valence-electron chi connectivity index (χ4n) is 3.78. The van der Waals surface area contributed by atoms with Crippen LogP contribution >= 0.6 is 0 Å². The third-order valence-electron chi connectivity index (χ3n) is 4.61. The largest absolute Gasteiger partial charge is 0.478 e. The van der Waals surface area contributed by atoms with Crippen LogP contribution in [-0.4, -0.2) is 22.6 Å². The van der Waals surface area contributed by atoms with Crippen molar-refractivity contribution >= 4 is 17.5 Å². The van der Waals surface area contributed by atoms with Crippen LogP contribution in [0.5, 0.6) is 0 Å². The predicted octanol–water partition coefficient (Wildman–Crippen LogP) is 1.76. The molecule has 0 aromatic rings. The second kappa shape index (κ2) is 4.44. The van der Waals surface area contributed by atoms with Crippen LogP contribution in [0, 0.1) is 23.7 Å². The average Bonchev–Trinajstić information content (AvgIpc) is 2.65.